The molecule has 0 fully saturated rings. The molecule has 0 aliphatic rings. The molecule has 3 nitrogen and oxygen atoms in total. The quantitative estimate of drug-likeness (QED) is 0.912. The van der Waals surface area contributed by atoms with Gasteiger partial charge in [-0.25, -0.2) is 4.68 Å². The number of aryl methyl sites for hydroxylation is 1. The predicted octanol–water partition coefficient (Wildman–Crippen LogP) is 4.14. The zero-order valence-corrected chi connectivity index (χ0v) is 13.1. The lowest BCUT2D eigenvalue weighted by atomic mass is 9.88. The summed E-state index contributed by atoms with van der Waals surface area (Å²) in [6.07, 6.45) is 1.85. The van der Waals surface area contributed by atoms with Crippen molar-refractivity contribution in [3.63, 3.8) is 0 Å². The van der Waals surface area contributed by atoms with Gasteiger partial charge in [0, 0.05) is 11.0 Å². The fraction of sp³-hybridized carbons (Fsp3) is 0.471. The highest BCUT2D eigenvalue weighted by Crippen LogP contribution is 2.33. The van der Waals surface area contributed by atoms with Gasteiger partial charge in [0.25, 0.3) is 0 Å². The summed E-state index contributed by atoms with van der Waals surface area (Å²) in [5, 5.41) is 15.2. The Kier molecular flexibility index (Phi) is 3.89. The largest absolute Gasteiger partial charge is 0.493 e. The normalized spacial score (nSPS) is 11.8. The number of aromatic nitrogens is 2. The Morgan fingerprint density at radius 1 is 1.15 bits per heavy atom. The highest BCUT2D eigenvalue weighted by Gasteiger charge is 2.26. The van der Waals surface area contributed by atoms with Crippen molar-refractivity contribution in [3.05, 3.63) is 41.1 Å². The first kappa shape index (κ1) is 14.6. The van der Waals surface area contributed by atoms with Crippen molar-refractivity contribution in [3.8, 4) is 11.6 Å². The van der Waals surface area contributed by atoms with Gasteiger partial charge in [0.15, 0.2) is 0 Å². The summed E-state index contributed by atoms with van der Waals surface area (Å²) in [6.45, 7) is 10.6. The molecule has 0 saturated carbocycles. The van der Waals surface area contributed by atoms with E-state index in [9.17, 15) is 5.11 Å². The van der Waals surface area contributed by atoms with Crippen LogP contribution in [0.5, 0.6) is 5.88 Å². The van der Waals surface area contributed by atoms with E-state index in [0.29, 0.717) is 0 Å². The van der Waals surface area contributed by atoms with Crippen LogP contribution in [-0.4, -0.2) is 14.9 Å². The Hall–Kier alpha value is -1.77. The number of hydrogen-bond acceptors (Lipinski definition) is 2. The minimum Gasteiger partial charge on any atom is -0.493 e. The van der Waals surface area contributed by atoms with Gasteiger partial charge in [-0.2, -0.15) is 5.10 Å². The van der Waals surface area contributed by atoms with E-state index < -0.39 is 0 Å². The molecule has 1 aromatic heterocycles. The first-order valence-electron chi connectivity index (χ1n) is 7.23. The lowest BCUT2D eigenvalue weighted by Crippen LogP contribution is -2.14. The maximum Gasteiger partial charge on any atom is 0.217 e. The zero-order valence-electron chi connectivity index (χ0n) is 13.1. The molecule has 108 valence electrons. The third kappa shape index (κ3) is 2.72. The molecule has 0 bridgehead atoms. The molecular formula is C17H24N2O. The van der Waals surface area contributed by atoms with Gasteiger partial charge in [0.2, 0.25) is 5.88 Å². The Bertz CT molecular complexity index is 589. The van der Waals surface area contributed by atoms with E-state index in [1.165, 1.54) is 5.56 Å². The van der Waals surface area contributed by atoms with Crippen LogP contribution in [0.25, 0.3) is 5.69 Å². The summed E-state index contributed by atoms with van der Waals surface area (Å²) in [6, 6.07) is 8.05. The van der Waals surface area contributed by atoms with Crippen molar-refractivity contribution in [2.24, 2.45) is 0 Å². The van der Waals surface area contributed by atoms with Gasteiger partial charge >= 0.3 is 0 Å². The summed E-state index contributed by atoms with van der Waals surface area (Å²) in [5.41, 5.74) is 3.99. The maximum absolute atomic E-state index is 10.5. The van der Waals surface area contributed by atoms with Crippen LogP contribution in [0.2, 0.25) is 0 Å². The van der Waals surface area contributed by atoms with Crippen LogP contribution in [0.15, 0.2) is 24.3 Å². The summed E-state index contributed by atoms with van der Waals surface area (Å²) >= 11 is 0. The van der Waals surface area contributed by atoms with E-state index in [-0.39, 0.29) is 11.3 Å². The Labute approximate surface area is 121 Å². The van der Waals surface area contributed by atoms with E-state index >= 15 is 0 Å². The highest BCUT2D eigenvalue weighted by molar-refractivity contribution is 5.43. The van der Waals surface area contributed by atoms with Crippen molar-refractivity contribution in [1.29, 1.82) is 0 Å². The molecular weight excluding hydrogens is 248 g/mol. The van der Waals surface area contributed by atoms with Crippen molar-refractivity contribution < 1.29 is 5.11 Å². The molecule has 20 heavy (non-hydrogen) atoms. The Balaban J connectivity index is 2.57. The Morgan fingerprint density at radius 2 is 1.75 bits per heavy atom. The molecule has 1 N–H and O–H groups in total. The van der Waals surface area contributed by atoms with Crippen LogP contribution in [-0.2, 0) is 11.8 Å². The van der Waals surface area contributed by atoms with Crippen molar-refractivity contribution in [2.45, 2.75) is 52.9 Å². The fourth-order valence-electron chi connectivity index (χ4n) is 2.39. The third-order valence-corrected chi connectivity index (χ3v) is 3.45. The molecule has 0 amide bonds. The summed E-state index contributed by atoms with van der Waals surface area (Å²) < 4.78 is 1.66. The number of hydrogen-bond donors (Lipinski definition) is 1. The number of nitrogens with zero attached hydrogens (tertiary/aromatic N) is 2. The van der Waals surface area contributed by atoms with Crippen molar-refractivity contribution >= 4 is 0 Å². The third-order valence-electron chi connectivity index (χ3n) is 3.45. The smallest absolute Gasteiger partial charge is 0.217 e. The van der Waals surface area contributed by atoms with E-state index in [0.717, 1.165) is 29.8 Å². The molecule has 0 unspecified atom stereocenters. The number of rotatable bonds is 3. The van der Waals surface area contributed by atoms with Crippen LogP contribution in [0.1, 0.15) is 50.9 Å². The van der Waals surface area contributed by atoms with Gasteiger partial charge in [-0.3, -0.25) is 0 Å². The van der Waals surface area contributed by atoms with Gasteiger partial charge < -0.3 is 5.11 Å². The fourth-order valence-corrected chi connectivity index (χ4v) is 2.39. The first-order chi connectivity index (χ1) is 9.34. The lowest BCUT2D eigenvalue weighted by molar-refractivity contribution is 0.427. The molecule has 0 aliphatic heterocycles. The van der Waals surface area contributed by atoms with Crippen molar-refractivity contribution in [1.82, 2.24) is 9.78 Å². The standard InChI is InChI=1S/C17H24N2O/c1-6-7-14-15(17(3,4)5)18-19(16(14)20)13-10-8-12(2)9-11-13/h8-11,20H,6-7H2,1-5H3. The Morgan fingerprint density at radius 3 is 2.25 bits per heavy atom. The second kappa shape index (κ2) is 5.31. The number of benzene rings is 1. The topological polar surface area (TPSA) is 38.0 Å². The molecule has 0 aliphatic carbocycles. The molecule has 2 aromatic rings. The zero-order chi connectivity index (χ0) is 14.9. The molecule has 0 radical (unpaired) electrons. The van der Waals surface area contributed by atoms with Gasteiger partial charge in [-0.05, 0) is 25.5 Å². The van der Waals surface area contributed by atoms with E-state index in [4.69, 9.17) is 0 Å². The number of aromatic hydroxyl groups is 1. The van der Waals surface area contributed by atoms with E-state index in [2.05, 4.69) is 39.7 Å². The van der Waals surface area contributed by atoms with Crippen LogP contribution in [0.3, 0.4) is 0 Å². The van der Waals surface area contributed by atoms with Crippen LogP contribution < -0.4 is 0 Å². The van der Waals surface area contributed by atoms with Crippen LogP contribution in [0.4, 0.5) is 0 Å². The summed E-state index contributed by atoms with van der Waals surface area (Å²) in [7, 11) is 0. The molecule has 1 heterocycles. The second-order valence-corrected chi connectivity index (χ2v) is 6.40. The maximum atomic E-state index is 10.5. The monoisotopic (exact) mass is 272 g/mol. The van der Waals surface area contributed by atoms with Crippen molar-refractivity contribution in [2.75, 3.05) is 0 Å². The van der Waals surface area contributed by atoms with E-state index in [1.54, 1.807) is 4.68 Å². The molecule has 3 heteroatoms. The van der Waals surface area contributed by atoms with Crippen LogP contribution >= 0.6 is 0 Å². The first-order valence-corrected chi connectivity index (χ1v) is 7.23. The second-order valence-electron chi connectivity index (χ2n) is 6.40. The molecule has 2 rings (SSSR count). The SMILES string of the molecule is CCCc1c(C(C)(C)C)nn(-c2ccc(C)cc2)c1O. The molecule has 1 aromatic carbocycles. The summed E-state index contributed by atoms with van der Waals surface area (Å²) in [5.74, 6) is 0.278. The average molecular weight is 272 g/mol. The van der Waals surface area contributed by atoms with E-state index in [1.807, 2.05) is 24.3 Å². The van der Waals surface area contributed by atoms with Gasteiger partial charge in [0.05, 0.1) is 11.4 Å². The molecule has 0 atom stereocenters. The minimum absolute atomic E-state index is 0.0715. The van der Waals surface area contributed by atoms with Crippen LogP contribution in [0, 0.1) is 6.92 Å². The minimum atomic E-state index is -0.0715. The summed E-state index contributed by atoms with van der Waals surface area (Å²) in [4.78, 5) is 0. The highest BCUT2D eigenvalue weighted by atomic mass is 16.3. The molecule has 0 saturated heterocycles. The predicted molar refractivity (Wildman–Crippen MR) is 82.7 cm³/mol. The van der Waals surface area contributed by atoms with Gasteiger partial charge in [-0.1, -0.05) is 51.8 Å². The van der Waals surface area contributed by atoms with Gasteiger partial charge in [-0.15, -0.1) is 0 Å². The van der Waals surface area contributed by atoms with Gasteiger partial charge in [0.1, 0.15) is 0 Å². The molecule has 0 spiro atoms. The lowest BCUT2D eigenvalue weighted by Gasteiger charge is -2.16. The average Bonchev–Trinajstić information content (AvgIpc) is 2.69.